The summed E-state index contributed by atoms with van der Waals surface area (Å²) in [5.41, 5.74) is 1.50. The molecule has 0 spiro atoms. The zero-order valence-electron chi connectivity index (χ0n) is 16.2. The molecule has 1 aliphatic heterocycles. The maximum absolute atomic E-state index is 12.8. The van der Waals surface area contributed by atoms with Gasteiger partial charge in [0.1, 0.15) is 24.4 Å². The number of carbonyl (C=O) groups excluding carboxylic acids is 1. The Hall–Kier alpha value is -3.17. The number of carbonyl (C=O) groups is 1. The normalized spacial score (nSPS) is 18.5. The number of anilines is 1. The zero-order chi connectivity index (χ0) is 21.1. The smallest absolute Gasteiger partial charge is 0.415 e. The van der Waals surface area contributed by atoms with E-state index in [9.17, 15) is 4.79 Å². The lowest BCUT2D eigenvalue weighted by Gasteiger charge is -2.25. The second-order valence-electron chi connectivity index (χ2n) is 6.72. The number of ether oxygens (including phenoxy) is 2. The molecular formula is C20H20ClN5O4. The van der Waals surface area contributed by atoms with Crippen molar-refractivity contribution in [1.82, 2.24) is 20.2 Å². The molecule has 1 saturated heterocycles. The summed E-state index contributed by atoms with van der Waals surface area (Å²) < 4.78 is 11.1. The summed E-state index contributed by atoms with van der Waals surface area (Å²) in [5.74, 6) is 1.10. The van der Waals surface area contributed by atoms with Crippen LogP contribution in [0.5, 0.6) is 5.75 Å². The molecule has 0 bridgehead atoms. The molecule has 156 valence electrons. The zero-order valence-corrected chi connectivity index (χ0v) is 16.9. The molecule has 1 amide bonds. The van der Waals surface area contributed by atoms with Gasteiger partial charge in [-0.15, -0.1) is 10.2 Å². The molecular weight excluding hydrogens is 410 g/mol. The van der Waals surface area contributed by atoms with Crippen LogP contribution in [-0.2, 0) is 17.7 Å². The lowest BCUT2D eigenvalue weighted by Crippen LogP contribution is -2.31. The number of benzene rings is 2. The van der Waals surface area contributed by atoms with Gasteiger partial charge in [-0.25, -0.2) is 4.79 Å². The third-order valence-electron chi connectivity index (χ3n) is 4.79. The number of rotatable bonds is 7. The van der Waals surface area contributed by atoms with Gasteiger partial charge in [0.05, 0.1) is 13.7 Å². The molecule has 0 aliphatic carbocycles. The van der Waals surface area contributed by atoms with Gasteiger partial charge in [0.25, 0.3) is 0 Å². The number of methoxy groups -OCH3 is 1. The highest BCUT2D eigenvalue weighted by Crippen LogP contribution is 2.39. The van der Waals surface area contributed by atoms with E-state index in [1.54, 1.807) is 36.3 Å². The van der Waals surface area contributed by atoms with E-state index in [0.29, 0.717) is 28.7 Å². The first-order chi connectivity index (χ1) is 14.6. The molecule has 4 rings (SSSR count). The predicted octanol–water partition coefficient (Wildman–Crippen LogP) is 2.64. The van der Waals surface area contributed by atoms with E-state index in [4.69, 9.17) is 26.2 Å². The fourth-order valence-electron chi connectivity index (χ4n) is 3.44. The molecule has 1 aliphatic rings. The van der Waals surface area contributed by atoms with Crippen molar-refractivity contribution in [2.45, 2.75) is 25.1 Å². The summed E-state index contributed by atoms with van der Waals surface area (Å²) in [6, 6.07) is 14.0. The number of halogens is 1. The highest BCUT2D eigenvalue weighted by atomic mass is 35.5. The molecule has 3 aromatic rings. The van der Waals surface area contributed by atoms with Gasteiger partial charge in [-0.1, -0.05) is 23.7 Å². The summed E-state index contributed by atoms with van der Waals surface area (Å²) in [6.45, 7) is 0.136. The fourth-order valence-corrected chi connectivity index (χ4v) is 3.57. The van der Waals surface area contributed by atoms with Gasteiger partial charge < -0.3 is 14.6 Å². The molecule has 10 heteroatoms. The van der Waals surface area contributed by atoms with Gasteiger partial charge in [0, 0.05) is 17.1 Å². The Morgan fingerprint density at radius 2 is 2.03 bits per heavy atom. The Morgan fingerprint density at radius 1 is 1.23 bits per heavy atom. The average Bonchev–Trinajstić information content (AvgIpc) is 3.33. The first-order valence-corrected chi connectivity index (χ1v) is 9.73. The van der Waals surface area contributed by atoms with Crippen molar-refractivity contribution in [2.24, 2.45) is 0 Å². The summed E-state index contributed by atoms with van der Waals surface area (Å²) in [5, 5.41) is 21.8. The monoisotopic (exact) mass is 429 g/mol. The third kappa shape index (κ3) is 4.07. The standard InChI is InChI=1S/C20H20ClN5O4/c1-29-16-4-2-3-13(11-16)19-17(12-25-23-18(9-10-27)22-24-25)30-20(28)26(19)15-7-5-14(21)6-8-15/h2-8,11,17,19,27H,9-10,12H2,1H3/t17-,19-/m0/s1. The summed E-state index contributed by atoms with van der Waals surface area (Å²) >= 11 is 6.02. The van der Waals surface area contributed by atoms with Crippen LogP contribution >= 0.6 is 11.6 Å². The van der Waals surface area contributed by atoms with Gasteiger partial charge in [0.15, 0.2) is 5.82 Å². The quantitative estimate of drug-likeness (QED) is 0.615. The second kappa shape index (κ2) is 8.68. The van der Waals surface area contributed by atoms with Gasteiger partial charge in [-0.05, 0) is 47.2 Å². The van der Waals surface area contributed by atoms with Crippen molar-refractivity contribution in [1.29, 1.82) is 0 Å². The Morgan fingerprint density at radius 3 is 2.77 bits per heavy atom. The minimum absolute atomic E-state index is 0.0686. The Labute approximate surface area is 177 Å². The van der Waals surface area contributed by atoms with Gasteiger partial charge >= 0.3 is 6.09 Å². The topological polar surface area (TPSA) is 103 Å². The molecule has 1 aromatic heterocycles. The molecule has 1 fully saturated rings. The Balaban J connectivity index is 1.70. The first-order valence-electron chi connectivity index (χ1n) is 9.36. The van der Waals surface area contributed by atoms with E-state index < -0.39 is 18.2 Å². The van der Waals surface area contributed by atoms with E-state index in [1.165, 1.54) is 4.80 Å². The van der Waals surface area contributed by atoms with Crippen molar-refractivity contribution in [3.63, 3.8) is 0 Å². The summed E-state index contributed by atoms with van der Waals surface area (Å²) in [7, 11) is 1.59. The van der Waals surface area contributed by atoms with E-state index in [0.717, 1.165) is 5.56 Å². The highest BCUT2D eigenvalue weighted by molar-refractivity contribution is 6.30. The lowest BCUT2D eigenvalue weighted by molar-refractivity contribution is 0.114. The molecule has 2 heterocycles. The molecule has 0 unspecified atom stereocenters. The first kappa shape index (κ1) is 20.1. The molecule has 0 radical (unpaired) electrons. The Kier molecular flexibility index (Phi) is 5.82. The number of tetrazole rings is 1. The van der Waals surface area contributed by atoms with Crippen LogP contribution < -0.4 is 9.64 Å². The van der Waals surface area contributed by atoms with Crippen molar-refractivity contribution in [3.05, 3.63) is 64.9 Å². The molecule has 1 N–H and O–H groups in total. The van der Waals surface area contributed by atoms with Crippen LogP contribution in [0.15, 0.2) is 48.5 Å². The number of aliphatic hydroxyl groups excluding tert-OH is 1. The van der Waals surface area contributed by atoms with Crippen LogP contribution in [0.1, 0.15) is 17.4 Å². The number of amides is 1. The van der Waals surface area contributed by atoms with Crippen molar-refractivity contribution in [3.8, 4) is 5.75 Å². The maximum atomic E-state index is 12.8. The number of aromatic nitrogens is 4. The largest absolute Gasteiger partial charge is 0.497 e. The number of aliphatic hydroxyl groups is 1. The van der Waals surface area contributed by atoms with E-state index in [2.05, 4.69) is 15.4 Å². The number of nitrogens with zero attached hydrogens (tertiary/aromatic N) is 5. The van der Waals surface area contributed by atoms with E-state index >= 15 is 0 Å². The van der Waals surface area contributed by atoms with Crippen molar-refractivity contribution in [2.75, 3.05) is 18.6 Å². The SMILES string of the molecule is COc1cccc([C@H]2[C@H](Cn3nnc(CCO)n3)OC(=O)N2c2ccc(Cl)cc2)c1. The van der Waals surface area contributed by atoms with Crippen LogP contribution in [0, 0.1) is 0 Å². The summed E-state index contributed by atoms with van der Waals surface area (Å²) in [4.78, 5) is 15.8. The van der Waals surface area contributed by atoms with Crippen LogP contribution in [0.25, 0.3) is 0 Å². The minimum Gasteiger partial charge on any atom is -0.497 e. The third-order valence-corrected chi connectivity index (χ3v) is 5.04. The van der Waals surface area contributed by atoms with E-state index in [-0.39, 0.29) is 13.2 Å². The van der Waals surface area contributed by atoms with Gasteiger partial charge in [0.2, 0.25) is 0 Å². The van der Waals surface area contributed by atoms with E-state index in [1.807, 2.05) is 24.3 Å². The molecule has 9 nitrogen and oxygen atoms in total. The fraction of sp³-hybridized carbons (Fsp3) is 0.300. The molecule has 0 saturated carbocycles. The lowest BCUT2D eigenvalue weighted by atomic mass is 9.99. The predicted molar refractivity (Wildman–Crippen MR) is 109 cm³/mol. The molecule has 30 heavy (non-hydrogen) atoms. The van der Waals surface area contributed by atoms with Crippen LogP contribution in [0.4, 0.5) is 10.5 Å². The van der Waals surface area contributed by atoms with Crippen molar-refractivity contribution < 1.29 is 19.4 Å². The highest BCUT2D eigenvalue weighted by Gasteiger charge is 2.44. The van der Waals surface area contributed by atoms with Crippen molar-refractivity contribution >= 4 is 23.4 Å². The van der Waals surface area contributed by atoms with Crippen LogP contribution in [-0.4, -0.2) is 51.2 Å². The number of hydrogen-bond donors (Lipinski definition) is 1. The van der Waals surface area contributed by atoms with Crippen LogP contribution in [0.2, 0.25) is 5.02 Å². The number of hydrogen-bond acceptors (Lipinski definition) is 7. The molecule has 2 aromatic carbocycles. The second-order valence-corrected chi connectivity index (χ2v) is 7.16. The van der Waals surface area contributed by atoms with Crippen LogP contribution in [0.3, 0.4) is 0 Å². The molecule has 2 atom stereocenters. The Bertz CT molecular complexity index is 1030. The minimum atomic E-state index is -0.573. The maximum Gasteiger partial charge on any atom is 0.415 e. The number of cyclic esters (lactones) is 1. The summed E-state index contributed by atoms with van der Waals surface area (Å²) in [6.07, 6.45) is -0.747. The van der Waals surface area contributed by atoms with Gasteiger partial charge in [-0.3, -0.25) is 4.90 Å². The average molecular weight is 430 g/mol. The van der Waals surface area contributed by atoms with Gasteiger partial charge in [-0.2, -0.15) is 4.80 Å².